The third kappa shape index (κ3) is 47.1. The fraction of sp³-hybridized carbons (Fsp3) is 0. The van der Waals surface area contributed by atoms with Gasteiger partial charge in [-0.2, -0.15) is 0 Å². The molecule has 0 aromatic rings. The van der Waals surface area contributed by atoms with E-state index in [1.54, 1.807) is 0 Å². The molecule has 0 radical (unpaired) electrons. The van der Waals surface area contributed by atoms with Gasteiger partial charge in [-0.05, 0) is 0 Å². The Balaban J connectivity index is 0. The molecule has 0 aliphatic carbocycles. The molecule has 0 rings (SSSR count). The van der Waals surface area contributed by atoms with Gasteiger partial charge in [0.25, 0.3) is 0 Å². The van der Waals surface area contributed by atoms with Crippen molar-refractivity contribution in [3.05, 3.63) is 0 Å². The summed E-state index contributed by atoms with van der Waals surface area (Å²) in [5.74, 6) is 0. The smallest absolute Gasteiger partial charge is 0.187 e. The summed E-state index contributed by atoms with van der Waals surface area (Å²) in [6, 6.07) is 0. The zero-order valence-electron chi connectivity index (χ0n) is 0.500. The maximum Gasteiger partial charge on any atom is 0.187 e. The Kier molecular flexibility index (Phi) is 747. The van der Waals surface area contributed by atoms with Gasteiger partial charge in [-0.3, -0.25) is 0 Å². The van der Waals surface area contributed by atoms with Crippen molar-refractivity contribution in [1.82, 2.24) is 0 Å². The minimum atomic E-state index is 0. The molecule has 0 heterocycles. The predicted octanol–water partition coefficient (Wildman–Crippen LogP) is -7.93. The minimum Gasteiger partial charge on any atom is -0.412 e. The Morgan fingerprint density at radius 3 is 0.286 bits per heavy atom. The van der Waals surface area contributed by atoms with Crippen molar-refractivity contribution in [2.45, 2.75) is 0 Å². The van der Waals surface area contributed by atoms with Gasteiger partial charge in [-0.25, -0.2) is 0 Å². The third-order valence-electron chi connectivity index (χ3n) is 0. The number of hydrogen-bond donors (Lipinski definition) is 0. The van der Waals surface area contributed by atoms with Gasteiger partial charge in [0.05, 0.1) is 0 Å². The molecule has 0 aromatic heterocycles. The molecular formula is H20Al6O. The highest BCUT2D eigenvalue weighted by atomic mass is 27.0. The Bertz CT molecular complexity index is 4.14. The van der Waals surface area contributed by atoms with Crippen LogP contribution in [0.4, 0.5) is 0 Å². The molecule has 7 heavy (non-hydrogen) atoms. The van der Waals surface area contributed by atoms with E-state index in [1.807, 2.05) is 0 Å². The second kappa shape index (κ2) is 61.2. The van der Waals surface area contributed by atoms with E-state index >= 15 is 0 Å². The lowest BCUT2D eigenvalue weighted by molar-refractivity contribution is 0.824. The van der Waals surface area contributed by atoms with Gasteiger partial charge >= 0.3 is 0 Å². The molecule has 2 N–H and O–H groups in total. The molecule has 44 valence electrons. The maximum atomic E-state index is 0. The molecule has 0 amide bonds. The van der Waals surface area contributed by atoms with Crippen molar-refractivity contribution in [2.24, 2.45) is 0 Å². The lowest BCUT2D eigenvalue weighted by atomic mass is 16.0. The molecule has 0 atom stereocenters. The Labute approximate surface area is 108 Å². The lowest BCUT2D eigenvalue weighted by Gasteiger charge is -0.412. The molecule has 0 bridgehead atoms. The van der Waals surface area contributed by atoms with Gasteiger partial charge in [-0.15, -0.1) is 0 Å². The quantitative estimate of drug-likeness (QED) is 0.346. The van der Waals surface area contributed by atoms with Crippen LogP contribution in [0.25, 0.3) is 0 Å². The van der Waals surface area contributed by atoms with Crippen LogP contribution in [0.5, 0.6) is 0 Å². The first-order valence-corrected chi connectivity index (χ1v) is 0. The van der Waals surface area contributed by atoms with Crippen molar-refractivity contribution in [3.63, 3.8) is 0 Å². The van der Waals surface area contributed by atoms with Crippen LogP contribution in [0.3, 0.4) is 0 Å². The SMILES string of the molecule is O.[AlH3].[AlH3].[AlH3].[AlH3].[AlH3].[AlH3]. The molecule has 0 unspecified atom stereocenters. The molecule has 0 spiro atoms. The first-order chi connectivity index (χ1) is 0. The second-order valence-corrected chi connectivity index (χ2v) is 0. The van der Waals surface area contributed by atoms with Crippen LogP contribution >= 0.6 is 0 Å². The molecule has 0 saturated heterocycles. The van der Waals surface area contributed by atoms with Crippen LogP contribution in [0, 0.1) is 0 Å². The zero-order chi connectivity index (χ0) is 0. The third-order valence-corrected chi connectivity index (χ3v) is 0. The van der Waals surface area contributed by atoms with Crippen LogP contribution < -0.4 is 0 Å². The van der Waals surface area contributed by atoms with Crippen molar-refractivity contribution < 1.29 is 5.48 Å². The lowest BCUT2D eigenvalue weighted by Crippen LogP contribution is -0.382. The largest absolute Gasteiger partial charge is 0.412 e. The fourth-order valence-electron chi connectivity index (χ4n) is 0. The van der Waals surface area contributed by atoms with Gasteiger partial charge < -0.3 is 5.48 Å². The summed E-state index contributed by atoms with van der Waals surface area (Å²) in [6.45, 7) is 0. The summed E-state index contributed by atoms with van der Waals surface area (Å²) in [5, 5.41) is 0. The van der Waals surface area contributed by atoms with Crippen LogP contribution in [-0.2, 0) is 0 Å². The van der Waals surface area contributed by atoms with Crippen LogP contribution in [0.1, 0.15) is 0 Å². The van der Waals surface area contributed by atoms with E-state index < -0.39 is 0 Å². The summed E-state index contributed by atoms with van der Waals surface area (Å²) >= 11 is 0. The topological polar surface area (TPSA) is 31.5 Å². The van der Waals surface area contributed by atoms with Crippen LogP contribution in [0.2, 0.25) is 0 Å². The van der Waals surface area contributed by atoms with E-state index in [0.29, 0.717) is 0 Å². The number of hydrogen-bond acceptors (Lipinski definition) is 0. The van der Waals surface area contributed by atoms with Crippen LogP contribution in [0.15, 0.2) is 0 Å². The van der Waals surface area contributed by atoms with Crippen molar-refractivity contribution in [1.29, 1.82) is 0 Å². The van der Waals surface area contributed by atoms with Gasteiger partial charge in [-0.1, -0.05) is 0 Å². The normalized spacial score (nSPS) is 0. The highest BCUT2D eigenvalue weighted by molar-refractivity contribution is 5.76. The van der Waals surface area contributed by atoms with E-state index in [-0.39, 0.29) is 110 Å². The minimum absolute atomic E-state index is 0. The van der Waals surface area contributed by atoms with E-state index in [4.69, 9.17) is 0 Å². The van der Waals surface area contributed by atoms with Crippen molar-refractivity contribution in [3.8, 4) is 0 Å². The molecule has 0 fully saturated rings. The van der Waals surface area contributed by atoms with Gasteiger partial charge in [0.15, 0.2) is 104 Å². The van der Waals surface area contributed by atoms with E-state index in [9.17, 15) is 0 Å². The summed E-state index contributed by atoms with van der Waals surface area (Å²) in [5.41, 5.74) is 0. The predicted molar refractivity (Wildman–Crippen MR) is 63.2 cm³/mol. The summed E-state index contributed by atoms with van der Waals surface area (Å²) in [4.78, 5) is 0. The van der Waals surface area contributed by atoms with E-state index in [1.165, 1.54) is 0 Å². The average molecular weight is 198 g/mol. The van der Waals surface area contributed by atoms with Gasteiger partial charge in [0, 0.05) is 0 Å². The molecule has 0 aliphatic heterocycles. The first kappa shape index (κ1) is 85.5. The first-order valence-electron chi connectivity index (χ1n) is 0. The van der Waals surface area contributed by atoms with Crippen molar-refractivity contribution in [2.75, 3.05) is 0 Å². The summed E-state index contributed by atoms with van der Waals surface area (Å²) in [6.07, 6.45) is 0. The Morgan fingerprint density at radius 1 is 0.286 bits per heavy atom. The molecule has 0 saturated carbocycles. The molecule has 0 aliphatic rings. The molecule has 1 nitrogen and oxygen atoms in total. The molecule has 0 aromatic carbocycles. The number of rotatable bonds is 0. The molecular weight excluding hydrogens is 178 g/mol. The van der Waals surface area contributed by atoms with Crippen LogP contribution in [-0.4, -0.2) is 110 Å². The summed E-state index contributed by atoms with van der Waals surface area (Å²) < 4.78 is 0. The average Bonchev–Trinajstić information content (AvgIpc) is 0. The Morgan fingerprint density at radius 2 is 0.286 bits per heavy atom. The maximum absolute atomic E-state index is 0. The highest BCUT2D eigenvalue weighted by Crippen LogP contribution is -0.289. The van der Waals surface area contributed by atoms with Gasteiger partial charge in [0.2, 0.25) is 0 Å². The summed E-state index contributed by atoms with van der Waals surface area (Å²) in [7, 11) is 0. The zero-order valence-corrected chi connectivity index (χ0v) is 0.500. The van der Waals surface area contributed by atoms with E-state index in [2.05, 4.69) is 0 Å². The fourth-order valence-corrected chi connectivity index (χ4v) is 0. The van der Waals surface area contributed by atoms with Gasteiger partial charge in [0.1, 0.15) is 0 Å². The Hall–Kier alpha value is 3.15. The highest BCUT2D eigenvalue weighted by Gasteiger charge is 0.192. The monoisotopic (exact) mass is 198 g/mol. The van der Waals surface area contributed by atoms with E-state index in [0.717, 1.165) is 0 Å². The molecule has 7 heteroatoms. The van der Waals surface area contributed by atoms with Crippen molar-refractivity contribution >= 4 is 104 Å². The standard InChI is InChI=1S/6Al.H2O.18H/h;;;;;;1H2;;;;;;;;;;;;;;;;;;. The second-order valence-electron chi connectivity index (χ2n) is 0.